The number of rotatable bonds is 7. The number of halogens is 1. The Balaban J connectivity index is 1.25. The second kappa shape index (κ2) is 8.74. The van der Waals surface area contributed by atoms with Gasteiger partial charge in [-0.2, -0.15) is 4.39 Å². The van der Waals surface area contributed by atoms with E-state index in [0.29, 0.717) is 41.3 Å². The Labute approximate surface area is 206 Å². The number of aromatic nitrogens is 5. The van der Waals surface area contributed by atoms with Crippen LogP contribution in [-0.2, 0) is 16.3 Å². The van der Waals surface area contributed by atoms with E-state index in [0.717, 1.165) is 11.3 Å². The molecule has 0 spiro atoms. The maximum atomic E-state index is 15.0. The number of fused-ring (bicyclic) bond motifs is 1. The molecule has 36 heavy (non-hydrogen) atoms. The highest BCUT2D eigenvalue weighted by Crippen LogP contribution is 2.38. The summed E-state index contributed by atoms with van der Waals surface area (Å²) >= 11 is 0. The van der Waals surface area contributed by atoms with Gasteiger partial charge in [0, 0.05) is 42.2 Å². The predicted molar refractivity (Wildman–Crippen MR) is 131 cm³/mol. The van der Waals surface area contributed by atoms with Crippen LogP contribution in [0.15, 0.2) is 43.0 Å². The molecular formula is C25H23FN6O3S. The number of H-pyrrole nitrogens is 1. The summed E-state index contributed by atoms with van der Waals surface area (Å²) in [6.45, 7) is 0. The summed E-state index contributed by atoms with van der Waals surface area (Å²) in [5.41, 5.74) is 2.91. The van der Waals surface area contributed by atoms with Gasteiger partial charge in [-0.1, -0.05) is 6.07 Å². The molecule has 1 atom stereocenters. The van der Waals surface area contributed by atoms with Crippen LogP contribution < -0.4 is 5.32 Å². The average Bonchev–Trinajstić information content (AvgIpc) is 3.52. The molecule has 2 N–H and O–H groups in total. The van der Waals surface area contributed by atoms with Crippen molar-refractivity contribution in [3.63, 3.8) is 0 Å². The fraction of sp³-hybridized carbons (Fsp3) is 0.320. The SMILES string of the molecule is O=C(c1ccc(Cc2ccc(C3CC3)nc2)nc1F)c1c[nH]c2ncnc(NC3CCS(=O)(=O)C3)c12. The van der Waals surface area contributed by atoms with Gasteiger partial charge in [0.15, 0.2) is 15.6 Å². The second-order valence-electron chi connectivity index (χ2n) is 9.40. The molecule has 0 radical (unpaired) electrons. The van der Waals surface area contributed by atoms with Crippen molar-refractivity contribution in [3.8, 4) is 0 Å². The zero-order chi connectivity index (χ0) is 24.9. The lowest BCUT2D eigenvalue weighted by Crippen LogP contribution is -2.21. The first-order valence-electron chi connectivity index (χ1n) is 11.8. The second-order valence-corrected chi connectivity index (χ2v) is 11.6. The third-order valence-electron chi connectivity index (χ3n) is 6.67. The smallest absolute Gasteiger partial charge is 0.224 e. The number of carbonyl (C=O) groups is 1. The van der Waals surface area contributed by atoms with E-state index in [1.807, 2.05) is 12.1 Å². The van der Waals surface area contributed by atoms with Crippen molar-refractivity contribution in [1.29, 1.82) is 0 Å². The maximum absolute atomic E-state index is 15.0. The highest BCUT2D eigenvalue weighted by atomic mass is 32.2. The molecule has 0 bridgehead atoms. The number of ketones is 1. The van der Waals surface area contributed by atoms with Crippen LogP contribution in [0, 0.1) is 5.95 Å². The summed E-state index contributed by atoms with van der Waals surface area (Å²) in [6, 6.07) is 6.74. The third kappa shape index (κ3) is 4.46. The number of hydrogen-bond donors (Lipinski definition) is 2. The number of aromatic amines is 1. The lowest BCUT2D eigenvalue weighted by molar-refractivity contribution is 0.103. The van der Waals surface area contributed by atoms with Crippen molar-refractivity contribution in [2.24, 2.45) is 0 Å². The van der Waals surface area contributed by atoms with E-state index < -0.39 is 21.6 Å². The summed E-state index contributed by atoms with van der Waals surface area (Å²) in [4.78, 5) is 33.1. The molecule has 1 saturated heterocycles. The van der Waals surface area contributed by atoms with Crippen LogP contribution in [0.2, 0.25) is 0 Å². The molecule has 5 heterocycles. The predicted octanol–water partition coefficient (Wildman–Crippen LogP) is 3.19. The monoisotopic (exact) mass is 506 g/mol. The first kappa shape index (κ1) is 22.7. The van der Waals surface area contributed by atoms with E-state index in [-0.39, 0.29) is 28.7 Å². The van der Waals surface area contributed by atoms with Gasteiger partial charge < -0.3 is 10.3 Å². The van der Waals surface area contributed by atoms with Gasteiger partial charge in [-0.25, -0.2) is 23.4 Å². The highest BCUT2D eigenvalue weighted by Gasteiger charge is 2.30. The van der Waals surface area contributed by atoms with E-state index in [2.05, 4.69) is 30.2 Å². The number of nitrogens with one attached hydrogen (secondary N) is 2. The molecular weight excluding hydrogens is 483 g/mol. The van der Waals surface area contributed by atoms with E-state index in [9.17, 15) is 13.2 Å². The third-order valence-corrected chi connectivity index (χ3v) is 8.44. The molecule has 0 amide bonds. The number of nitrogens with zero attached hydrogens (tertiary/aromatic N) is 4. The van der Waals surface area contributed by atoms with Crippen molar-refractivity contribution in [2.75, 3.05) is 16.8 Å². The normalized spacial score (nSPS) is 19.0. The summed E-state index contributed by atoms with van der Waals surface area (Å²) in [6.07, 6.45) is 7.78. The zero-order valence-electron chi connectivity index (χ0n) is 19.2. The van der Waals surface area contributed by atoms with Crippen molar-refractivity contribution >= 4 is 32.5 Å². The van der Waals surface area contributed by atoms with E-state index in [1.54, 1.807) is 12.3 Å². The molecule has 6 rings (SSSR count). The van der Waals surface area contributed by atoms with Gasteiger partial charge in [-0.05, 0) is 43.0 Å². The molecule has 2 aliphatic rings. The van der Waals surface area contributed by atoms with Gasteiger partial charge >= 0.3 is 0 Å². The van der Waals surface area contributed by atoms with Gasteiger partial charge in [0.2, 0.25) is 5.95 Å². The lowest BCUT2D eigenvalue weighted by Gasteiger charge is -2.13. The first-order valence-corrected chi connectivity index (χ1v) is 13.6. The van der Waals surface area contributed by atoms with Crippen molar-refractivity contribution in [2.45, 2.75) is 37.6 Å². The van der Waals surface area contributed by atoms with Gasteiger partial charge in [-0.3, -0.25) is 9.78 Å². The fourth-order valence-corrected chi connectivity index (χ4v) is 6.28. The Morgan fingerprint density at radius 2 is 1.94 bits per heavy atom. The van der Waals surface area contributed by atoms with Crippen LogP contribution in [0.1, 0.15) is 58.1 Å². The van der Waals surface area contributed by atoms with E-state index >= 15 is 4.39 Å². The number of hydrogen-bond acceptors (Lipinski definition) is 8. The number of anilines is 1. The summed E-state index contributed by atoms with van der Waals surface area (Å²) in [7, 11) is -3.10. The Kier molecular flexibility index (Phi) is 5.51. The fourth-order valence-electron chi connectivity index (χ4n) is 4.61. The number of pyridine rings is 2. The van der Waals surface area contributed by atoms with Crippen LogP contribution in [0.3, 0.4) is 0 Å². The molecule has 1 aliphatic heterocycles. The van der Waals surface area contributed by atoms with Crippen LogP contribution >= 0.6 is 0 Å². The standard InChI is InChI=1S/C25H23FN6O3S/c26-23-18(5-4-16(31-23)9-14-1-6-20(27-10-14)15-2-3-15)22(33)19-11-28-24-21(19)25(30-13-29-24)32-17-7-8-36(34,35)12-17/h1,4-6,10-11,13,15,17H,2-3,7-9,12H2,(H2,28,29,30,32). The molecule has 1 saturated carbocycles. The van der Waals surface area contributed by atoms with Crippen molar-refractivity contribution in [1.82, 2.24) is 24.9 Å². The maximum Gasteiger partial charge on any atom is 0.224 e. The molecule has 9 nitrogen and oxygen atoms in total. The number of carbonyl (C=O) groups excluding carboxylic acids is 1. The molecule has 184 valence electrons. The van der Waals surface area contributed by atoms with Crippen LogP contribution in [0.25, 0.3) is 11.0 Å². The topological polar surface area (TPSA) is 131 Å². The first-order chi connectivity index (χ1) is 17.4. The zero-order valence-corrected chi connectivity index (χ0v) is 20.1. The Morgan fingerprint density at radius 1 is 1.08 bits per heavy atom. The molecule has 1 aliphatic carbocycles. The van der Waals surface area contributed by atoms with E-state index in [4.69, 9.17) is 0 Å². The minimum absolute atomic E-state index is 0.00889. The van der Waals surface area contributed by atoms with Crippen molar-refractivity contribution in [3.05, 3.63) is 77.0 Å². The van der Waals surface area contributed by atoms with Crippen LogP contribution in [-0.4, -0.2) is 56.7 Å². The Hall–Kier alpha value is -3.73. The van der Waals surface area contributed by atoms with Crippen LogP contribution in [0.4, 0.5) is 10.2 Å². The van der Waals surface area contributed by atoms with Gasteiger partial charge in [0.1, 0.15) is 17.8 Å². The summed E-state index contributed by atoms with van der Waals surface area (Å²) < 4.78 is 38.7. The highest BCUT2D eigenvalue weighted by molar-refractivity contribution is 7.91. The molecule has 4 aromatic heterocycles. The molecule has 0 aromatic carbocycles. The van der Waals surface area contributed by atoms with E-state index in [1.165, 1.54) is 31.4 Å². The lowest BCUT2D eigenvalue weighted by atomic mass is 10.0. The van der Waals surface area contributed by atoms with Crippen molar-refractivity contribution < 1.29 is 17.6 Å². The molecule has 2 fully saturated rings. The summed E-state index contributed by atoms with van der Waals surface area (Å²) in [5, 5.41) is 3.51. The Bertz CT molecular complexity index is 1580. The number of sulfone groups is 1. The molecule has 4 aromatic rings. The molecule has 11 heteroatoms. The molecule has 1 unspecified atom stereocenters. The van der Waals surface area contributed by atoms with Gasteiger partial charge in [-0.15, -0.1) is 0 Å². The average molecular weight is 507 g/mol. The minimum Gasteiger partial charge on any atom is -0.366 e. The largest absolute Gasteiger partial charge is 0.366 e. The van der Waals surface area contributed by atoms with Gasteiger partial charge in [0.05, 0.1) is 28.0 Å². The van der Waals surface area contributed by atoms with Crippen LogP contribution in [0.5, 0.6) is 0 Å². The minimum atomic E-state index is -3.10. The quantitative estimate of drug-likeness (QED) is 0.289. The Morgan fingerprint density at radius 3 is 2.64 bits per heavy atom. The van der Waals surface area contributed by atoms with Gasteiger partial charge in [0.25, 0.3) is 0 Å². The summed E-state index contributed by atoms with van der Waals surface area (Å²) in [5.74, 6) is -0.435.